The van der Waals surface area contributed by atoms with E-state index in [-0.39, 0.29) is 0 Å². The minimum atomic E-state index is 0.403. The lowest BCUT2D eigenvalue weighted by molar-refractivity contribution is 0.474. The Morgan fingerprint density at radius 3 is 3.00 bits per heavy atom. The van der Waals surface area contributed by atoms with Gasteiger partial charge in [-0.2, -0.15) is 11.8 Å². The molecule has 90 valence electrons. The third kappa shape index (κ3) is 3.23. The quantitative estimate of drug-likeness (QED) is 0.661. The third-order valence-corrected chi connectivity index (χ3v) is 6.44. The molecule has 0 radical (unpaired) electrons. The van der Waals surface area contributed by atoms with E-state index < -0.39 is 0 Å². The fourth-order valence-electron chi connectivity index (χ4n) is 2.05. The van der Waals surface area contributed by atoms with Gasteiger partial charge in [0.2, 0.25) is 0 Å². The molecule has 1 aliphatic rings. The van der Waals surface area contributed by atoms with Crippen LogP contribution in [0.25, 0.3) is 0 Å². The topological polar surface area (TPSA) is 38.0 Å². The summed E-state index contributed by atoms with van der Waals surface area (Å²) in [5, 5.41) is 2.80. The second kappa shape index (κ2) is 6.40. The van der Waals surface area contributed by atoms with E-state index in [1.165, 1.54) is 34.4 Å². The highest BCUT2D eigenvalue weighted by Gasteiger charge is 2.24. The van der Waals surface area contributed by atoms with Gasteiger partial charge in [0.05, 0.1) is 0 Å². The highest BCUT2D eigenvalue weighted by atomic mass is 79.9. The van der Waals surface area contributed by atoms with E-state index >= 15 is 0 Å². The first-order chi connectivity index (χ1) is 7.81. The number of nitrogens with one attached hydrogen (secondary N) is 1. The van der Waals surface area contributed by atoms with Gasteiger partial charge in [-0.3, -0.25) is 11.3 Å². The van der Waals surface area contributed by atoms with Gasteiger partial charge in [0, 0.05) is 27.1 Å². The maximum atomic E-state index is 5.70. The first-order valence-electron chi connectivity index (χ1n) is 5.61. The Morgan fingerprint density at radius 1 is 1.56 bits per heavy atom. The third-order valence-electron chi connectivity index (χ3n) is 2.97. The summed E-state index contributed by atoms with van der Waals surface area (Å²) in [7, 11) is 0. The predicted octanol–water partition coefficient (Wildman–Crippen LogP) is 3.17. The molecule has 5 heteroatoms. The van der Waals surface area contributed by atoms with Gasteiger partial charge in [-0.1, -0.05) is 6.42 Å². The fraction of sp³-hybridized carbons (Fsp3) is 0.636. The molecule has 0 aliphatic carbocycles. The molecule has 2 rings (SSSR count). The zero-order valence-corrected chi connectivity index (χ0v) is 12.3. The molecular weight excluding hydrogens is 304 g/mol. The number of thioether (sulfide) groups is 1. The van der Waals surface area contributed by atoms with Crippen LogP contribution in [0.5, 0.6) is 0 Å². The molecule has 0 aromatic carbocycles. The number of hydrazine groups is 1. The second-order valence-corrected chi connectivity index (χ2v) is 7.28. The molecule has 0 saturated carbocycles. The van der Waals surface area contributed by atoms with Crippen LogP contribution in [0.2, 0.25) is 0 Å². The van der Waals surface area contributed by atoms with Crippen molar-refractivity contribution in [3.05, 3.63) is 20.8 Å². The second-order valence-electron chi connectivity index (χ2n) is 4.07. The van der Waals surface area contributed by atoms with E-state index in [4.69, 9.17) is 5.84 Å². The van der Waals surface area contributed by atoms with Crippen molar-refractivity contribution in [1.29, 1.82) is 0 Å². The zero-order valence-electron chi connectivity index (χ0n) is 9.12. The molecule has 1 aromatic heterocycles. The number of hydrogen-bond donors (Lipinski definition) is 2. The Hall–Kier alpha value is 0.450. The van der Waals surface area contributed by atoms with Gasteiger partial charge in [0.25, 0.3) is 0 Å². The summed E-state index contributed by atoms with van der Waals surface area (Å²) < 4.78 is 1.22. The van der Waals surface area contributed by atoms with E-state index in [0.717, 1.165) is 6.42 Å². The van der Waals surface area contributed by atoms with Crippen molar-refractivity contribution in [2.24, 2.45) is 5.84 Å². The van der Waals surface area contributed by atoms with Crippen LogP contribution in [0, 0.1) is 0 Å². The highest BCUT2D eigenvalue weighted by Crippen LogP contribution is 2.31. The van der Waals surface area contributed by atoms with Gasteiger partial charge < -0.3 is 0 Å². The Kier molecular flexibility index (Phi) is 5.16. The van der Waals surface area contributed by atoms with Gasteiger partial charge in [0.15, 0.2) is 0 Å². The summed E-state index contributed by atoms with van der Waals surface area (Å²) in [4.78, 5) is 1.40. The van der Waals surface area contributed by atoms with Crippen molar-refractivity contribution in [3.63, 3.8) is 0 Å². The fourth-order valence-corrected chi connectivity index (χ4v) is 5.04. The number of rotatable bonds is 4. The van der Waals surface area contributed by atoms with Gasteiger partial charge in [-0.25, -0.2) is 0 Å². The van der Waals surface area contributed by atoms with E-state index in [9.17, 15) is 0 Å². The van der Waals surface area contributed by atoms with Gasteiger partial charge in [-0.15, -0.1) is 11.3 Å². The lowest BCUT2D eigenvalue weighted by Gasteiger charge is -2.29. The molecule has 2 heterocycles. The van der Waals surface area contributed by atoms with Crippen molar-refractivity contribution in [1.82, 2.24) is 5.43 Å². The Morgan fingerprint density at radius 2 is 2.44 bits per heavy atom. The molecule has 1 aromatic rings. The Labute approximate surface area is 113 Å². The number of hydrogen-bond acceptors (Lipinski definition) is 4. The minimum absolute atomic E-state index is 0.403. The maximum Gasteiger partial charge on any atom is 0.0377 e. The minimum Gasteiger partial charge on any atom is -0.271 e. The standard InChI is InChI=1S/C11H17BrN2S2/c12-8-4-6-16-11(8)7-9(14-13)10-3-1-2-5-15-10/h4,6,9-10,14H,1-3,5,7,13H2. The SMILES string of the molecule is NNC(Cc1sccc1Br)C1CCCCS1. The molecule has 1 saturated heterocycles. The summed E-state index contributed by atoms with van der Waals surface area (Å²) in [5.74, 6) is 6.98. The Bertz CT molecular complexity index is 324. The number of nitrogens with two attached hydrogens (primary N) is 1. The van der Waals surface area contributed by atoms with Crippen molar-refractivity contribution in [3.8, 4) is 0 Å². The zero-order chi connectivity index (χ0) is 11.4. The van der Waals surface area contributed by atoms with Crippen LogP contribution in [0.1, 0.15) is 24.1 Å². The summed E-state index contributed by atoms with van der Waals surface area (Å²) >= 11 is 7.46. The van der Waals surface area contributed by atoms with Crippen LogP contribution in [0.15, 0.2) is 15.9 Å². The largest absolute Gasteiger partial charge is 0.271 e. The van der Waals surface area contributed by atoms with E-state index in [2.05, 4.69) is 44.6 Å². The highest BCUT2D eigenvalue weighted by molar-refractivity contribution is 9.10. The normalized spacial score (nSPS) is 23.2. The van der Waals surface area contributed by atoms with Crippen LogP contribution in [-0.2, 0) is 6.42 Å². The van der Waals surface area contributed by atoms with Gasteiger partial charge in [0.1, 0.15) is 0 Å². The summed E-state index contributed by atoms with van der Waals surface area (Å²) in [6, 6.07) is 2.52. The molecule has 1 fully saturated rings. The monoisotopic (exact) mass is 320 g/mol. The van der Waals surface area contributed by atoms with Crippen LogP contribution >= 0.6 is 39.0 Å². The molecule has 2 atom stereocenters. The molecular formula is C11H17BrN2S2. The van der Waals surface area contributed by atoms with Gasteiger partial charge in [-0.05, 0) is 46.0 Å². The van der Waals surface area contributed by atoms with Crippen LogP contribution in [0.4, 0.5) is 0 Å². The molecule has 3 N–H and O–H groups in total. The summed E-state index contributed by atoms with van der Waals surface area (Å²) in [5.41, 5.74) is 3.00. The molecule has 16 heavy (non-hydrogen) atoms. The van der Waals surface area contributed by atoms with E-state index in [1.807, 2.05) is 0 Å². The van der Waals surface area contributed by atoms with Crippen molar-refractivity contribution >= 4 is 39.0 Å². The van der Waals surface area contributed by atoms with Crippen LogP contribution in [-0.4, -0.2) is 17.0 Å². The van der Waals surface area contributed by atoms with Crippen molar-refractivity contribution in [2.75, 3.05) is 5.75 Å². The van der Waals surface area contributed by atoms with Crippen LogP contribution < -0.4 is 11.3 Å². The number of halogens is 1. The van der Waals surface area contributed by atoms with Crippen molar-refractivity contribution in [2.45, 2.75) is 37.0 Å². The van der Waals surface area contributed by atoms with Crippen LogP contribution in [0.3, 0.4) is 0 Å². The Balaban J connectivity index is 1.97. The lowest BCUT2D eigenvalue weighted by Crippen LogP contribution is -2.44. The molecule has 1 aliphatic heterocycles. The molecule has 2 unspecified atom stereocenters. The molecule has 0 amide bonds. The molecule has 2 nitrogen and oxygen atoms in total. The maximum absolute atomic E-state index is 5.70. The molecule has 0 spiro atoms. The first-order valence-corrected chi connectivity index (χ1v) is 8.33. The lowest BCUT2D eigenvalue weighted by atomic mass is 10.0. The van der Waals surface area contributed by atoms with E-state index in [1.54, 1.807) is 11.3 Å². The smallest absolute Gasteiger partial charge is 0.0377 e. The van der Waals surface area contributed by atoms with E-state index in [0.29, 0.717) is 11.3 Å². The predicted molar refractivity (Wildman–Crippen MR) is 76.9 cm³/mol. The average Bonchev–Trinajstić information content (AvgIpc) is 2.73. The average molecular weight is 321 g/mol. The first kappa shape index (κ1) is 12.9. The molecule has 0 bridgehead atoms. The summed E-state index contributed by atoms with van der Waals surface area (Å²) in [6.07, 6.45) is 5.04. The summed E-state index contributed by atoms with van der Waals surface area (Å²) in [6.45, 7) is 0. The van der Waals surface area contributed by atoms with Gasteiger partial charge >= 0.3 is 0 Å². The van der Waals surface area contributed by atoms with Crippen molar-refractivity contribution < 1.29 is 0 Å². The number of thiophene rings is 1.